The van der Waals surface area contributed by atoms with Crippen LogP contribution in [0, 0.1) is 0 Å². The number of rotatable bonds is 6. The number of hydrogen-bond donors (Lipinski definition) is 1. The zero-order chi connectivity index (χ0) is 11.3. The Morgan fingerprint density at radius 1 is 1.47 bits per heavy atom. The molecule has 0 aliphatic heterocycles. The molecule has 0 amide bonds. The van der Waals surface area contributed by atoms with Crippen LogP contribution < -0.4 is 5.32 Å². The third-order valence-corrected chi connectivity index (χ3v) is 2.14. The first-order chi connectivity index (χ1) is 7.11. The lowest BCUT2D eigenvalue weighted by atomic mass is 10.3. The summed E-state index contributed by atoms with van der Waals surface area (Å²) in [5, 5.41) is 11.2. The fourth-order valence-electron chi connectivity index (χ4n) is 1.35. The van der Waals surface area contributed by atoms with Crippen molar-refractivity contribution in [1.29, 1.82) is 0 Å². The summed E-state index contributed by atoms with van der Waals surface area (Å²) in [5.41, 5.74) is 0. The average Bonchev–Trinajstić information content (AvgIpc) is 2.58. The van der Waals surface area contributed by atoms with Crippen molar-refractivity contribution in [2.45, 2.75) is 32.9 Å². The molecule has 15 heavy (non-hydrogen) atoms. The van der Waals surface area contributed by atoms with Crippen LogP contribution in [0.5, 0.6) is 0 Å². The van der Waals surface area contributed by atoms with E-state index in [0.717, 1.165) is 19.0 Å². The second kappa shape index (κ2) is 5.82. The van der Waals surface area contributed by atoms with Crippen molar-refractivity contribution in [2.24, 2.45) is 7.05 Å². The van der Waals surface area contributed by atoms with Gasteiger partial charge in [-0.15, -0.1) is 10.2 Å². The van der Waals surface area contributed by atoms with E-state index in [1.54, 1.807) is 6.33 Å². The summed E-state index contributed by atoms with van der Waals surface area (Å²) in [6.07, 6.45) is 2.00. The van der Waals surface area contributed by atoms with Gasteiger partial charge in [0, 0.05) is 13.6 Å². The molecule has 0 aliphatic rings. The minimum atomic E-state index is 0.202. The molecule has 1 unspecified atom stereocenters. The maximum atomic E-state index is 5.43. The molecule has 0 spiro atoms. The van der Waals surface area contributed by atoms with E-state index in [4.69, 9.17) is 4.74 Å². The molecule has 1 aromatic rings. The Balaban J connectivity index is 2.25. The first kappa shape index (κ1) is 12.1. The van der Waals surface area contributed by atoms with Crippen molar-refractivity contribution in [3.8, 4) is 0 Å². The minimum Gasteiger partial charge on any atom is -0.377 e. The van der Waals surface area contributed by atoms with Crippen LogP contribution in [-0.4, -0.2) is 34.0 Å². The number of aromatic nitrogens is 3. The number of nitrogens with zero attached hydrogens (tertiary/aromatic N) is 3. The third-order valence-electron chi connectivity index (χ3n) is 2.14. The van der Waals surface area contributed by atoms with E-state index in [1.807, 2.05) is 25.5 Å². The standard InChI is InChI=1S/C10H20N4O/c1-8(2)15-6-5-11-9(3)10-13-12-7-14(10)4/h7-9,11H,5-6H2,1-4H3. The molecule has 0 saturated carbocycles. The molecule has 0 aromatic carbocycles. The van der Waals surface area contributed by atoms with Crippen molar-refractivity contribution >= 4 is 0 Å². The summed E-state index contributed by atoms with van der Waals surface area (Å²) in [6, 6.07) is 0.202. The summed E-state index contributed by atoms with van der Waals surface area (Å²) >= 11 is 0. The Morgan fingerprint density at radius 2 is 2.20 bits per heavy atom. The molecule has 1 rings (SSSR count). The average molecular weight is 212 g/mol. The number of nitrogens with one attached hydrogen (secondary N) is 1. The SMILES string of the molecule is CC(C)OCCNC(C)c1nncn1C. The molecule has 86 valence electrons. The summed E-state index contributed by atoms with van der Waals surface area (Å²) in [4.78, 5) is 0. The van der Waals surface area contributed by atoms with Crippen LogP contribution in [-0.2, 0) is 11.8 Å². The molecule has 5 nitrogen and oxygen atoms in total. The van der Waals surface area contributed by atoms with E-state index in [1.165, 1.54) is 0 Å². The van der Waals surface area contributed by atoms with Crippen molar-refractivity contribution < 1.29 is 4.74 Å². The predicted molar refractivity (Wildman–Crippen MR) is 58.5 cm³/mol. The van der Waals surface area contributed by atoms with Gasteiger partial charge in [-0.25, -0.2) is 0 Å². The fourth-order valence-corrected chi connectivity index (χ4v) is 1.35. The van der Waals surface area contributed by atoms with Gasteiger partial charge in [0.1, 0.15) is 12.2 Å². The highest BCUT2D eigenvalue weighted by atomic mass is 16.5. The van der Waals surface area contributed by atoms with Gasteiger partial charge in [-0.2, -0.15) is 0 Å². The molecule has 0 bridgehead atoms. The van der Waals surface area contributed by atoms with Gasteiger partial charge in [0.15, 0.2) is 0 Å². The quantitative estimate of drug-likeness (QED) is 0.712. The van der Waals surface area contributed by atoms with Crippen LogP contribution in [0.4, 0.5) is 0 Å². The van der Waals surface area contributed by atoms with E-state index >= 15 is 0 Å². The lowest BCUT2D eigenvalue weighted by Gasteiger charge is -2.13. The fraction of sp³-hybridized carbons (Fsp3) is 0.800. The summed E-state index contributed by atoms with van der Waals surface area (Å²) in [6.45, 7) is 7.68. The molecule has 5 heteroatoms. The summed E-state index contributed by atoms with van der Waals surface area (Å²) in [5.74, 6) is 0.944. The monoisotopic (exact) mass is 212 g/mol. The second-order valence-electron chi connectivity index (χ2n) is 3.90. The van der Waals surface area contributed by atoms with Gasteiger partial charge in [-0.3, -0.25) is 0 Å². The maximum absolute atomic E-state index is 5.43. The highest BCUT2D eigenvalue weighted by Crippen LogP contribution is 2.05. The van der Waals surface area contributed by atoms with Crippen molar-refractivity contribution in [3.05, 3.63) is 12.2 Å². The number of aryl methyl sites for hydroxylation is 1. The zero-order valence-corrected chi connectivity index (χ0v) is 9.90. The zero-order valence-electron chi connectivity index (χ0n) is 9.90. The second-order valence-corrected chi connectivity index (χ2v) is 3.90. The van der Waals surface area contributed by atoms with Crippen LogP contribution in [0.25, 0.3) is 0 Å². The molecule has 1 atom stereocenters. The van der Waals surface area contributed by atoms with E-state index in [0.29, 0.717) is 0 Å². The van der Waals surface area contributed by atoms with Crippen molar-refractivity contribution in [2.75, 3.05) is 13.2 Å². The van der Waals surface area contributed by atoms with Gasteiger partial charge in [0.05, 0.1) is 18.8 Å². The molecule has 1 aromatic heterocycles. The van der Waals surface area contributed by atoms with Gasteiger partial charge in [0.2, 0.25) is 0 Å². The molecule has 0 aliphatic carbocycles. The maximum Gasteiger partial charge on any atom is 0.149 e. The first-order valence-corrected chi connectivity index (χ1v) is 5.30. The van der Waals surface area contributed by atoms with Crippen molar-refractivity contribution in [1.82, 2.24) is 20.1 Å². The molecule has 1 heterocycles. The van der Waals surface area contributed by atoms with E-state index in [9.17, 15) is 0 Å². The smallest absolute Gasteiger partial charge is 0.149 e. The molecule has 0 radical (unpaired) electrons. The van der Waals surface area contributed by atoms with Gasteiger partial charge >= 0.3 is 0 Å². The van der Waals surface area contributed by atoms with Gasteiger partial charge < -0.3 is 14.6 Å². The van der Waals surface area contributed by atoms with Gasteiger partial charge in [-0.1, -0.05) is 0 Å². The molecule has 0 saturated heterocycles. The molecule has 1 N–H and O–H groups in total. The van der Waals surface area contributed by atoms with E-state index in [-0.39, 0.29) is 12.1 Å². The van der Waals surface area contributed by atoms with Crippen LogP contribution in [0.3, 0.4) is 0 Å². The lowest BCUT2D eigenvalue weighted by molar-refractivity contribution is 0.0794. The van der Waals surface area contributed by atoms with Crippen molar-refractivity contribution in [3.63, 3.8) is 0 Å². The lowest BCUT2D eigenvalue weighted by Crippen LogP contribution is -2.26. The molecular weight excluding hydrogens is 192 g/mol. The van der Waals surface area contributed by atoms with Crippen LogP contribution in [0.15, 0.2) is 6.33 Å². The highest BCUT2D eigenvalue weighted by molar-refractivity contribution is 4.91. The Labute approximate surface area is 90.8 Å². The Hall–Kier alpha value is -0.940. The van der Waals surface area contributed by atoms with Gasteiger partial charge in [0.25, 0.3) is 0 Å². The topological polar surface area (TPSA) is 52.0 Å². The number of hydrogen-bond acceptors (Lipinski definition) is 4. The normalized spacial score (nSPS) is 13.4. The van der Waals surface area contributed by atoms with Crippen LogP contribution >= 0.6 is 0 Å². The largest absolute Gasteiger partial charge is 0.377 e. The van der Waals surface area contributed by atoms with E-state index < -0.39 is 0 Å². The Bertz CT molecular complexity index is 285. The Kier molecular flexibility index (Phi) is 4.71. The first-order valence-electron chi connectivity index (χ1n) is 5.30. The third kappa shape index (κ3) is 3.97. The van der Waals surface area contributed by atoms with Crippen LogP contribution in [0.1, 0.15) is 32.6 Å². The molecule has 0 fully saturated rings. The highest BCUT2D eigenvalue weighted by Gasteiger charge is 2.09. The summed E-state index contributed by atoms with van der Waals surface area (Å²) in [7, 11) is 1.94. The Morgan fingerprint density at radius 3 is 2.73 bits per heavy atom. The predicted octanol–water partition coefficient (Wildman–Crippen LogP) is 0.891. The van der Waals surface area contributed by atoms with Gasteiger partial charge in [-0.05, 0) is 20.8 Å². The molecular formula is C10H20N4O. The summed E-state index contributed by atoms with van der Waals surface area (Å²) < 4.78 is 7.35. The number of ether oxygens (including phenoxy) is 1. The van der Waals surface area contributed by atoms with Crippen LogP contribution in [0.2, 0.25) is 0 Å². The minimum absolute atomic E-state index is 0.202. The van der Waals surface area contributed by atoms with E-state index in [2.05, 4.69) is 22.4 Å².